The zero-order chi connectivity index (χ0) is 14.7. The minimum absolute atomic E-state index is 0.0627. The predicted molar refractivity (Wildman–Crippen MR) is 80.0 cm³/mol. The molecule has 0 saturated heterocycles. The Morgan fingerprint density at radius 1 is 1.48 bits per heavy atom. The van der Waals surface area contributed by atoms with Crippen LogP contribution in [0.25, 0.3) is 0 Å². The van der Waals surface area contributed by atoms with Crippen molar-refractivity contribution in [3.8, 4) is 0 Å². The fraction of sp³-hybridized carbons (Fsp3) is 0.533. The number of rotatable bonds is 5. The molecule has 3 rings (SSSR count). The van der Waals surface area contributed by atoms with E-state index in [1.807, 2.05) is 11.4 Å². The molecule has 5 nitrogen and oxygen atoms in total. The smallest absolute Gasteiger partial charge is 0.223 e. The molecule has 1 fully saturated rings. The van der Waals surface area contributed by atoms with E-state index in [1.165, 1.54) is 4.88 Å². The van der Waals surface area contributed by atoms with E-state index in [2.05, 4.69) is 21.5 Å². The molecule has 1 aliphatic rings. The summed E-state index contributed by atoms with van der Waals surface area (Å²) in [5.74, 6) is 1.24. The predicted octanol–water partition coefficient (Wildman–Crippen LogP) is 2.96. The molecule has 0 unspecified atom stereocenters. The van der Waals surface area contributed by atoms with E-state index in [4.69, 9.17) is 4.52 Å². The van der Waals surface area contributed by atoms with Gasteiger partial charge in [0.2, 0.25) is 11.8 Å². The number of carbonyl (C=O) groups excluding carboxylic acids is 1. The zero-order valence-corrected chi connectivity index (χ0v) is 12.9. The molecule has 112 valence electrons. The summed E-state index contributed by atoms with van der Waals surface area (Å²) >= 11 is 1.69. The van der Waals surface area contributed by atoms with Crippen molar-refractivity contribution in [3.63, 3.8) is 0 Å². The molecular weight excluding hydrogens is 286 g/mol. The van der Waals surface area contributed by atoms with E-state index in [0.29, 0.717) is 18.1 Å². The second-order valence-corrected chi connectivity index (χ2v) is 6.59. The summed E-state index contributed by atoms with van der Waals surface area (Å²) in [6.45, 7) is 1.78. The highest BCUT2D eigenvalue weighted by atomic mass is 32.1. The number of nitrogens with one attached hydrogen (secondary N) is 1. The quantitative estimate of drug-likeness (QED) is 0.922. The summed E-state index contributed by atoms with van der Waals surface area (Å²) in [4.78, 5) is 17.9. The molecule has 0 atom stereocenters. The standard InChI is InChI=1S/C15H19N3O2S/c1-11-16-14(18-20-11)15(8-2-3-9-15)17-13(19)7-6-12-5-4-10-21-12/h4-5,10H,2-3,6-9H2,1H3,(H,17,19). The summed E-state index contributed by atoms with van der Waals surface area (Å²) in [5, 5.41) is 9.23. The molecule has 0 spiro atoms. The second-order valence-electron chi connectivity index (χ2n) is 5.55. The average Bonchev–Trinajstić information content (AvgIpc) is 3.17. The van der Waals surface area contributed by atoms with Crippen molar-refractivity contribution in [1.82, 2.24) is 15.5 Å². The van der Waals surface area contributed by atoms with Gasteiger partial charge in [-0.1, -0.05) is 24.1 Å². The van der Waals surface area contributed by atoms with Crippen LogP contribution in [0.3, 0.4) is 0 Å². The lowest BCUT2D eigenvalue weighted by molar-refractivity contribution is -0.123. The number of nitrogens with zero attached hydrogens (tertiary/aromatic N) is 2. The van der Waals surface area contributed by atoms with Gasteiger partial charge in [0.15, 0.2) is 5.82 Å². The summed E-state index contributed by atoms with van der Waals surface area (Å²) < 4.78 is 5.09. The Hall–Kier alpha value is -1.69. The second kappa shape index (κ2) is 5.97. The molecule has 1 saturated carbocycles. The average molecular weight is 305 g/mol. The van der Waals surface area contributed by atoms with Gasteiger partial charge in [0.05, 0.1) is 0 Å². The third-order valence-electron chi connectivity index (χ3n) is 3.97. The topological polar surface area (TPSA) is 68.0 Å². The minimum atomic E-state index is -0.426. The third kappa shape index (κ3) is 3.15. The molecule has 1 amide bonds. The lowest BCUT2D eigenvalue weighted by atomic mass is 9.96. The van der Waals surface area contributed by atoms with Gasteiger partial charge in [-0.25, -0.2) is 0 Å². The van der Waals surface area contributed by atoms with Gasteiger partial charge in [0.25, 0.3) is 0 Å². The van der Waals surface area contributed by atoms with Crippen molar-refractivity contribution < 1.29 is 9.32 Å². The van der Waals surface area contributed by atoms with E-state index in [0.717, 1.165) is 32.1 Å². The van der Waals surface area contributed by atoms with Gasteiger partial charge in [-0.15, -0.1) is 11.3 Å². The van der Waals surface area contributed by atoms with Crippen LogP contribution < -0.4 is 5.32 Å². The van der Waals surface area contributed by atoms with Gasteiger partial charge in [0, 0.05) is 18.2 Å². The van der Waals surface area contributed by atoms with Crippen molar-refractivity contribution in [2.24, 2.45) is 0 Å². The van der Waals surface area contributed by atoms with Crippen LogP contribution in [0.4, 0.5) is 0 Å². The molecule has 0 radical (unpaired) electrons. The first kappa shape index (κ1) is 14.3. The zero-order valence-electron chi connectivity index (χ0n) is 12.1. The number of hydrogen-bond donors (Lipinski definition) is 1. The normalized spacial score (nSPS) is 17.0. The van der Waals surface area contributed by atoms with Crippen LogP contribution in [0.5, 0.6) is 0 Å². The molecule has 2 heterocycles. The fourth-order valence-electron chi connectivity index (χ4n) is 2.90. The highest BCUT2D eigenvalue weighted by Crippen LogP contribution is 2.37. The first-order valence-electron chi connectivity index (χ1n) is 7.32. The molecular formula is C15H19N3O2S. The maximum Gasteiger partial charge on any atom is 0.223 e. The summed E-state index contributed by atoms with van der Waals surface area (Å²) in [6, 6.07) is 4.07. The molecule has 1 aliphatic carbocycles. The molecule has 0 bridgehead atoms. The Labute approximate surface area is 127 Å². The van der Waals surface area contributed by atoms with E-state index >= 15 is 0 Å². The van der Waals surface area contributed by atoms with Crippen LogP contribution in [0.2, 0.25) is 0 Å². The fourth-order valence-corrected chi connectivity index (χ4v) is 3.61. The molecule has 21 heavy (non-hydrogen) atoms. The molecule has 0 aliphatic heterocycles. The Morgan fingerprint density at radius 3 is 2.90 bits per heavy atom. The van der Waals surface area contributed by atoms with E-state index in [9.17, 15) is 4.79 Å². The molecule has 2 aromatic rings. The molecule has 0 aromatic carbocycles. The highest BCUT2D eigenvalue weighted by Gasteiger charge is 2.41. The van der Waals surface area contributed by atoms with Gasteiger partial charge in [-0.2, -0.15) is 4.98 Å². The number of thiophene rings is 1. The largest absolute Gasteiger partial charge is 0.343 e. The van der Waals surface area contributed by atoms with Crippen LogP contribution in [0.1, 0.15) is 48.7 Å². The maximum absolute atomic E-state index is 12.3. The summed E-state index contributed by atoms with van der Waals surface area (Å²) in [5.41, 5.74) is -0.426. The van der Waals surface area contributed by atoms with Crippen molar-refractivity contribution in [2.45, 2.75) is 51.0 Å². The molecule has 1 N–H and O–H groups in total. The van der Waals surface area contributed by atoms with Gasteiger partial charge < -0.3 is 9.84 Å². The Balaban J connectivity index is 1.66. The van der Waals surface area contributed by atoms with Gasteiger partial charge >= 0.3 is 0 Å². The van der Waals surface area contributed by atoms with E-state index in [-0.39, 0.29) is 5.91 Å². The van der Waals surface area contributed by atoms with E-state index in [1.54, 1.807) is 18.3 Å². The number of hydrogen-bond acceptors (Lipinski definition) is 5. The first-order chi connectivity index (χ1) is 10.2. The van der Waals surface area contributed by atoms with Gasteiger partial charge in [-0.3, -0.25) is 4.79 Å². The molecule has 2 aromatic heterocycles. The Bertz CT molecular complexity index is 600. The van der Waals surface area contributed by atoms with Crippen LogP contribution in [0.15, 0.2) is 22.0 Å². The van der Waals surface area contributed by atoms with Crippen molar-refractivity contribution in [2.75, 3.05) is 0 Å². The Kier molecular flexibility index (Phi) is 4.05. The van der Waals surface area contributed by atoms with Gasteiger partial charge in [-0.05, 0) is 30.7 Å². The highest BCUT2D eigenvalue weighted by molar-refractivity contribution is 7.09. The lowest BCUT2D eigenvalue weighted by Gasteiger charge is -2.26. The SMILES string of the molecule is Cc1nc(C2(NC(=O)CCc3cccs3)CCCC2)no1. The van der Waals surface area contributed by atoms with Gasteiger partial charge in [0.1, 0.15) is 5.54 Å². The van der Waals surface area contributed by atoms with Crippen LogP contribution in [-0.4, -0.2) is 16.0 Å². The molecule has 6 heteroatoms. The lowest BCUT2D eigenvalue weighted by Crippen LogP contribution is -2.44. The summed E-state index contributed by atoms with van der Waals surface area (Å²) in [6.07, 6.45) is 5.22. The van der Waals surface area contributed by atoms with Crippen molar-refractivity contribution in [3.05, 3.63) is 34.1 Å². The van der Waals surface area contributed by atoms with Crippen molar-refractivity contribution in [1.29, 1.82) is 0 Å². The summed E-state index contributed by atoms with van der Waals surface area (Å²) in [7, 11) is 0. The number of aromatic nitrogens is 2. The number of amides is 1. The number of aryl methyl sites for hydroxylation is 2. The maximum atomic E-state index is 12.3. The monoisotopic (exact) mass is 305 g/mol. The van der Waals surface area contributed by atoms with Crippen LogP contribution in [0, 0.1) is 6.92 Å². The third-order valence-corrected chi connectivity index (χ3v) is 4.91. The first-order valence-corrected chi connectivity index (χ1v) is 8.20. The van der Waals surface area contributed by atoms with Crippen molar-refractivity contribution >= 4 is 17.2 Å². The van der Waals surface area contributed by atoms with Crippen LogP contribution in [-0.2, 0) is 16.8 Å². The minimum Gasteiger partial charge on any atom is -0.343 e. The number of carbonyl (C=O) groups is 1. The van der Waals surface area contributed by atoms with E-state index < -0.39 is 5.54 Å². The van der Waals surface area contributed by atoms with Crippen LogP contribution >= 0.6 is 11.3 Å². The Morgan fingerprint density at radius 2 is 2.29 bits per heavy atom.